The Labute approximate surface area is 132 Å². The molecular formula is C16H16ClF2N3. The summed E-state index contributed by atoms with van der Waals surface area (Å²) in [4.78, 5) is 5.29. The van der Waals surface area contributed by atoms with E-state index in [9.17, 15) is 8.78 Å². The first-order valence-electron chi connectivity index (χ1n) is 7.09. The molecule has 0 radical (unpaired) electrons. The molecule has 0 amide bonds. The maximum Gasteiger partial charge on any atom is 0.212 e. The van der Waals surface area contributed by atoms with Gasteiger partial charge in [0.1, 0.15) is 11.7 Å². The Morgan fingerprint density at radius 2 is 2.00 bits per heavy atom. The molecule has 0 aliphatic carbocycles. The summed E-state index contributed by atoms with van der Waals surface area (Å²) in [5.74, 6) is -0.565. The highest BCUT2D eigenvalue weighted by molar-refractivity contribution is 6.22. The lowest BCUT2D eigenvalue weighted by atomic mass is 10.2. The summed E-state index contributed by atoms with van der Waals surface area (Å²) < 4.78 is 27.2. The van der Waals surface area contributed by atoms with Crippen LogP contribution in [0.15, 0.2) is 48.7 Å². The molecule has 1 aromatic carbocycles. The highest BCUT2D eigenvalue weighted by Crippen LogP contribution is 2.29. The van der Waals surface area contributed by atoms with E-state index in [-0.39, 0.29) is 6.54 Å². The van der Waals surface area contributed by atoms with E-state index in [4.69, 9.17) is 11.6 Å². The Hall–Kier alpha value is -1.72. The number of rotatable bonds is 4. The average Bonchev–Trinajstić information content (AvgIpc) is 2.82. The zero-order chi connectivity index (χ0) is 15.5. The Bertz CT molecular complexity index is 609. The van der Waals surface area contributed by atoms with Gasteiger partial charge in [-0.2, -0.15) is 4.39 Å². The first-order valence-corrected chi connectivity index (χ1v) is 7.52. The van der Waals surface area contributed by atoms with Crippen molar-refractivity contribution in [2.45, 2.75) is 24.3 Å². The fourth-order valence-electron chi connectivity index (χ4n) is 2.61. The number of benzene rings is 1. The van der Waals surface area contributed by atoms with Gasteiger partial charge >= 0.3 is 0 Å². The molecule has 1 saturated heterocycles. The average molecular weight is 324 g/mol. The van der Waals surface area contributed by atoms with Crippen LogP contribution in [-0.2, 0) is 6.54 Å². The second kappa shape index (κ2) is 6.58. The highest BCUT2D eigenvalue weighted by atomic mass is 35.5. The molecule has 3 rings (SSSR count). The Kier molecular flexibility index (Phi) is 4.55. The summed E-state index contributed by atoms with van der Waals surface area (Å²) in [6.45, 7) is 0.707. The molecule has 1 fully saturated rings. The molecule has 3 nitrogen and oxygen atoms in total. The third kappa shape index (κ3) is 3.20. The van der Waals surface area contributed by atoms with Gasteiger partial charge in [-0.15, -0.1) is 0 Å². The number of anilines is 1. The van der Waals surface area contributed by atoms with Gasteiger partial charge in [0.25, 0.3) is 0 Å². The molecule has 2 aromatic rings. The van der Waals surface area contributed by atoms with E-state index >= 15 is 0 Å². The van der Waals surface area contributed by atoms with E-state index in [0.29, 0.717) is 12.2 Å². The fourth-order valence-corrected chi connectivity index (χ4v) is 3.05. The van der Waals surface area contributed by atoms with Crippen molar-refractivity contribution in [3.8, 4) is 0 Å². The largest absolute Gasteiger partial charge is 0.349 e. The standard InChI is InChI=1S/C16H16ClF2N3/c17-16-15(21-8-11-4-2-1-3-5-11)13(18)10-22(16)12-6-7-14(19)20-9-12/h1-7,9,13,15-16,21H,8,10H2/t13?,15?,16-/m1/s1. The van der Waals surface area contributed by atoms with Crippen LogP contribution in [0.5, 0.6) is 0 Å². The van der Waals surface area contributed by atoms with E-state index in [1.807, 2.05) is 30.3 Å². The Morgan fingerprint density at radius 1 is 1.23 bits per heavy atom. The summed E-state index contributed by atoms with van der Waals surface area (Å²) in [5, 5.41) is 3.17. The van der Waals surface area contributed by atoms with E-state index in [2.05, 4.69) is 10.3 Å². The van der Waals surface area contributed by atoms with Gasteiger partial charge in [0.05, 0.1) is 24.5 Å². The maximum atomic E-state index is 14.3. The van der Waals surface area contributed by atoms with Crippen molar-refractivity contribution in [2.75, 3.05) is 11.4 Å². The van der Waals surface area contributed by atoms with E-state index in [1.165, 1.54) is 12.3 Å². The summed E-state index contributed by atoms with van der Waals surface area (Å²) in [7, 11) is 0. The Morgan fingerprint density at radius 3 is 2.68 bits per heavy atom. The molecule has 3 atom stereocenters. The molecule has 116 valence electrons. The number of nitrogens with one attached hydrogen (secondary N) is 1. The van der Waals surface area contributed by atoms with Crippen LogP contribution < -0.4 is 10.2 Å². The molecule has 0 bridgehead atoms. The molecule has 6 heteroatoms. The highest BCUT2D eigenvalue weighted by Gasteiger charge is 2.41. The topological polar surface area (TPSA) is 28.2 Å². The van der Waals surface area contributed by atoms with Crippen molar-refractivity contribution in [1.82, 2.24) is 10.3 Å². The van der Waals surface area contributed by atoms with Gasteiger partial charge in [-0.05, 0) is 17.7 Å². The third-order valence-corrected chi connectivity index (χ3v) is 4.29. The predicted molar refractivity (Wildman–Crippen MR) is 83.1 cm³/mol. The van der Waals surface area contributed by atoms with Crippen molar-refractivity contribution in [2.24, 2.45) is 0 Å². The number of alkyl halides is 2. The maximum absolute atomic E-state index is 14.3. The van der Waals surface area contributed by atoms with E-state index < -0.39 is 23.7 Å². The van der Waals surface area contributed by atoms with Crippen LogP contribution in [0.2, 0.25) is 0 Å². The molecule has 1 aliphatic rings. The van der Waals surface area contributed by atoms with Gasteiger partial charge in [0.2, 0.25) is 5.95 Å². The van der Waals surface area contributed by atoms with Gasteiger partial charge in [-0.25, -0.2) is 9.37 Å². The molecule has 1 N–H and O–H groups in total. The molecule has 2 unspecified atom stereocenters. The van der Waals surface area contributed by atoms with E-state index in [0.717, 1.165) is 5.56 Å². The minimum absolute atomic E-state index is 0.161. The second-order valence-electron chi connectivity index (χ2n) is 5.27. The van der Waals surface area contributed by atoms with Gasteiger partial charge in [-0.1, -0.05) is 41.9 Å². The second-order valence-corrected chi connectivity index (χ2v) is 5.72. The SMILES string of the molecule is Fc1ccc(N2CC(F)C(NCc3ccccc3)[C@@H]2Cl)cn1. The first kappa shape index (κ1) is 15.2. The van der Waals surface area contributed by atoms with Gasteiger partial charge in [0, 0.05) is 6.54 Å². The lowest BCUT2D eigenvalue weighted by Gasteiger charge is -2.24. The molecule has 1 aliphatic heterocycles. The summed E-state index contributed by atoms with van der Waals surface area (Å²) >= 11 is 6.38. The van der Waals surface area contributed by atoms with Crippen molar-refractivity contribution in [1.29, 1.82) is 0 Å². The molecule has 0 saturated carbocycles. The molecule has 1 aromatic heterocycles. The zero-order valence-corrected chi connectivity index (χ0v) is 12.5. The number of pyridine rings is 1. The molecule has 0 spiro atoms. The zero-order valence-electron chi connectivity index (χ0n) is 11.8. The number of hydrogen-bond acceptors (Lipinski definition) is 3. The minimum atomic E-state index is -1.10. The van der Waals surface area contributed by atoms with Gasteiger partial charge in [0.15, 0.2) is 0 Å². The van der Waals surface area contributed by atoms with Crippen LogP contribution >= 0.6 is 11.6 Å². The number of halogens is 3. The summed E-state index contributed by atoms with van der Waals surface area (Å²) in [6.07, 6.45) is 0.271. The summed E-state index contributed by atoms with van der Waals surface area (Å²) in [6, 6.07) is 12.1. The quantitative estimate of drug-likeness (QED) is 0.532. The van der Waals surface area contributed by atoms with Crippen LogP contribution in [0, 0.1) is 5.95 Å². The molecular weight excluding hydrogens is 308 g/mol. The Balaban J connectivity index is 1.67. The van der Waals surface area contributed by atoms with Crippen molar-refractivity contribution in [3.63, 3.8) is 0 Å². The normalized spacial score (nSPS) is 24.7. The first-order chi connectivity index (χ1) is 10.6. The van der Waals surface area contributed by atoms with Crippen molar-refractivity contribution < 1.29 is 8.78 Å². The monoisotopic (exact) mass is 323 g/mol. The van der Waals surface area contributed by atoms with Gasteiger partial charge < -0.3 is 10.2 Å². The van der Waals surface area contributed by atoms with Crippen molar-refractivity contribution in [3.05, 3.63) is 60.2 Å². The number of nitrogens with zero attached hydrogens (tertiary/aromatic N) is 2. The third-order valence-electron chi connectivity index (χ3n) is 3.78. The lowest BCUT2D eigenvalue weighted by Crippen LogP contribution is -2.41. The van der Waals surface area contributed by atoms with Crippen LogP contribution in [0.1, 0.15) is 5.56 Å². The minimum Gasteiger partial charge on any atom is -0.349 e. The number of hydrogen-bond donors (Lipinski definition) is 1. The summed E-state index contributed by atoms with van der Waals surface area (Å²) in [5.41, 5.74) is 1.14. The van der Waals surface area contributed by atoms with Crippen molar-refractivity contribution >= 4 is 17.3 Å². The van der Waals surface area contributed by atoms with Crippen LogP contribution in [0.25, 0.3) is 0 Å². The van der Waals surface area contributed by atoms with Crippen LogP contribution in [0.4, 0.5) is 14.5 Å². The fraction of sp³-hybridized carbons (Fsp3) is 0.312. The number of aromatic nitrogens is 1. The predicted octanol–water partition coefficient (Wildman–Crippen LogP) is 3.10. The smallest absolute Gasteiger partial charge is 0.212 e. The van der Waals surface area contributed by atoms with Crippen LogP contribution in [-0.4, -0.2) is 29.2 Å². The molecule has 22 heavy (non-hydrogen) atoms. The van der Waals surface area contributed by atoms with Crippen LogP contribution in [0.3, 0.4) is 0 Å². The van der Waals surface area contributed by atoms with E-state index in [1.54, 1.807) is 11.0 Å². The lowest BCUT2D eigenvalue weighted by molar-refractivity contribution is 0.294. The molecule has 2 heterocycles. The van der Waals surface area contributed by atoms with Gasteiger partial charge in [-0.3, -0.25) is 0 Å².